The third-order valence-corrected chi connectivity index (χ3v) is 2.45. The summed E-state index contributed by atoms with van der Waals surface area (Å²) in [6, 6.07) is 5.55. The zero-order valence-corrected chi connectivity index (χ0v) is 9.97. The minimum absolute atomic E-state index is 0.00808. The minimum atomic E-state index is -0.00808. The number of nitrogens with zero attached hydrogens (tertiary/aromatic N) is 3. The van der Waals surface area contributed by atoms with Crippen LogP contribution in [-0.2, 0) is 17.6 Å². The van der Waals surface area contributed by atoms with E-state index in [1.54, 1.807) is 6.20 Å². The van der Waals surface area contributed by atoms with E-state index in [1.165, 1.54) is 6.33 Å². The van der Waals surface area contributed by atoms with Crippen molar-refractivity contribution in [1.82, 2.24) is 25.5 Å². The normalized spacial score (nSPS) is 10.2. The van der Waals surface area contributed by atoms with Gasteiger partial charge in [-0.3, -0.25) is 14.9 Å². The number of rotatable bonds is 6. The second kappa shape index (κ2) is 6.48. The average Bonchev–Trinajstić information content (AvgIpc) is 2.89. The summed E-state index contributed by atoms with van der Waals surface area (Å²) in [6.45, 7) is 0.631. The fourth-order valence-corrected chi connectivity index (χ4v) is 1.56. The van der Waals surface area contributed by atoms with Crippen LogP contribution in [0.25, 0.3) is 0 Å². The zero-order chi connectivity index (χ0) is 12.6. The molecule has 0 aliphatic carbocycles. The van der Waals surface area contributed by atoms with Gasteiger partial charge in [-0.25, -0.2) is 4.98 Å². The Morgan fingerprint density at radius 3 is 3.00 bits per heavy atom. The molecule has 0 radical (unpaired) electrons. The molecule has 2 N–H and O–H groups in total. The summed E-state index contributed by atoms with van der Waals surface area (Å²) in [5.41, 5.74) is 0.783. The standard InChI is InChI=1S/C12H15N5O/c18-12(8-10-4-1-2-6-13-10)14-7-3-5-11-15-9-16-17-11/h1-2,4,6,9H,3,5,7-8H2,(H,14,18)(H,15,16,17). The molecule has 94 valence electrons. The number of hydrogen-bond acceptors (Lipinski definition) is 4. The molecule has 0 saturated heterocycles. The number of H-pyrrole nitrogens is 1. The smallest absolute Gasteiger partial charge is 0.226 e. The van der Waals surface area contributed by atoms with Crippen molar-refractivity contribution in [3.63, 3.8) is 0 Å². The van der Waals surface area contributed by atoms with Crippen LogP contribution in [0.3, 0.4) is 0 Å². The molecule has 18 heavy (non-hydrogen) atoms. The fourth-order valence-electron chi connectivity index (χ4n) is 1.56. The lowest BCUT2D eigenvalue weighted by Gasteiger charge is -2.03. The van der Waals surface area contributed by atoms with Gasteiger partial charge < -0.3 is 5.32 Å². The molecule has 0 aliphatic heterocycles. The first-order valence-electron chi connectivity index (χ1n) is 5.85. The zero-order valence-electron chi connectivity index (χ0n) is 9.97. The molecule has 0 bridgehead atoms. The van der Waals surface area contributed by atoms with Gasteiger partial charge in [0.25, 0.3) is 0 Å². The lowest BCUT2D eigenvalue weighted by molar-refractivity contribution is -0.120. The highest BCUT2D eigenvalue weighted by Crippen LogP contribution is 1.95. The van der Waals surface area contributed by atoms with Gasteiger partial charge in [0.1, 0.15) is 12.2 Å². The number of amides is 1. The number of aryl methyl sites for hydroxylation is 1. The maximum absolute atomic E-state index is 11.6. The first-order valence-corrected chi connectivity index (χ1v) is 5.85. The quantitative estimate of drug-likeness (QED) is 0.725. The largest absolute Gasteiger partial charge is 0.356 e. The molecule has 0 saturated carbocycles. The van der Waals surface area contributed by atoms with E-state index in [4.69, 9.17) is 0 Å². The Hall–Kier alpha value is -2.24. The van der Waals surface area contributed by atoms with E-state index in [9.17, 15) is 4.79 Å². The Labute approximate surface area is 105 Å². The van der Waals surface area contributed by atoms with Gasteiger partial charge in [-0.2, -0.15) is 5.10 Å². The Balaban J connectivity index is 1.63. The number of aromatic amines is 1. The summed E-state index contributed by atoms with van der Waals surface area (Å²) in [5, 5.41) is 9.39. The van der Waals surface area contributed by atoms with Crippen molar-refractivity contribution in [2.75, 3.05) is 6.54 Å². The van der Waals surface area contributed by atoms with Crippen molar-refractivity contribution in [1.29, 1.82) is 0 Å². The SMILES string of the molecule is O=C(Cc1ccccn1)NCCCc1ncn[nH]1. The number of hydrogen-bond donors (Lipinski definition) is 2. The molecule has 0 unspecified atom stereocenters. The van der Waals surface area contributed by atoms with Gasteiger partial charge in [0, 0.05) is 24.9 Å². The van der Waals surface area contributed by atoms with Gasteiger partial charge in [0.2, 0.25) is 5.91 Å². The van der Waals surface area contributed by atoms with E-state index in [0.29, 0.717) is 13.0 Å². The van der Waals surface area contributed by atoms with Gasteiger partial charge in [-0.15, -0.1) is 0 Å². The molecule has 0 atom stereocenters. The second-order valence-corrected chi connectivity index (χ2v) is 3.88. The molecule has 6 heteroatoms. The third kappa shape index (κ3) is 3.97. The molecular formula is C12H15N5O. The first kappa shape index (κ1) is 12.2. The number of pyridine rings is 1. The van der Waals surface area contributed by atoms with Crippen LogP contribution in [0.5, 0.6) is 0 Å². The number of carbonyl (C=O) groups is 1. The molecule has 2 aromatic heterocycles. The fraction of sp³-hybridized carbons (Fsp3) is 0.333. The van der Waals surface area contributed by atoms with E-state index in [0.717, 1.165) is 24.4 Å². The maximum Gasteiger partial charge on any atom is 0.226 e. The lowest BCUT2D eigenvalue weighted by Crippen LogP contribution is -2.26. The van der Waals surface area contributed by atoms with E-state index in [1.807, 2.05) is 18.2 Å². The van der Waals surface area contributed by atoms with Gasteiger partial charge in [-0.1, -0.05) is 6.07 Å². The Kier molecular flexibility index (Phi) is 4.40. The summed E-state index contributed by atoms with van der Waals surface area (Å²) in [6.07, 6.45) is 5.11. The van der Waals surface area contributed by atoms with Crippen molar-refractivity contribution >= 4 is 5.91 Å². The van der Waals surface area contributed by atoms with Gasteiger partial charge in [-0.05, 0) is 18.6 Å². The molecule has 0 aromatic carbocycles. The molecule has 0 fully saturated rings. The van der Waals surface area contributed by atoms with Gasteiger partial charge >= 0.3 is 0 Å². The van der Waals surface area contributed by atoms with Gasteiger partial charge in [0.15, 0.2) is 0 Å². The van der Waals surface area contributed by atoms with Crippen LogP contribution < -0.4 is 5.32 Å². The van der Waals surface area contributed by atoms with Crippen molar-refractivity contribution in [2.45, 2.75) is 19.3 Å². The van der Waals surface area contributed by atoms with Crippen molar-refractivity contribution in [3.05, 3.63) is 42.2 Å². The highest BCUT2D eigenvalue weighted by atomic mass is 16.1. The predicted molar refractivity (Wildman–Crippen MR) is 65.7 cm³/mol. The van der Waals surface area contributed by atoms with Crippen LogP contribution in [0, 0.1) is 0 Å². The van der Waals surface area contributed by atoms with E-state index < -0.39 is 0 Å². The Morgan fingerprint density at radius 1 is 1.33 bits per heavy atom. The van der Waals surface area contributed by atoms with E-state index >= 15 is 0 Å². The van der Waals surface area contributed by atoms with Crippen molar-refractivity contribution < 1.29 is 4.79 Å². The highest BCUT2D eigenvalue weighted by molar-refractivity contribution is 5.77. The summed E-state index contributed by atoms with van der Waals surface area (Å²) >= 11 is 0. The highest BCUT2D eigenvalue weighted by Gasteiger charge is 2.03. The van der Waals surface area contributed by atoms with Crippen LogP contribution >= 0.6 is 0 Å². The molecule has 6 nitrogen and oxygen atoms in total. The van der Waals surface area contributed by atoms with Crippen molar-refractivity contribution in [3.8, 4) is 0 Å². The van der Waals surface area contributed by atoms with Crippen LogP contribution in [0.4, 0.5) is 0 Å². The molecule has 2 aromatic rings. The first-order chi connectivity index (χ1) is 8.84. The molecule has 1 amide bonds. The minimum Gasteiger partial charge on any atom is -0.356 e. The lowest BCUT2D eigenvalue weighted by atomic mass is 10.2. The molecule has 0 spiro atoms. The van der Waals surface area contributed by atoms with Crippen LogP contribution in [0.2, 0.25) is 0 Å². The van der Waals surface area contributed by atoms with Crippen LogP contribution in [-0.4, -0.2) is 32.6 Å². The van der Waals surface area contributed by atoms with Crippen LogP contribution in [0.15, 0.2) is 30.7 Å². The topological polar surface area (TPSA) is 83.6 Å². The number of nitrogens with one attached hydrogen (secondary N) is 2. The average molecular weight is 245 g/mol. The number of carbonyl (C=O) groups excluding carboxylic acids is 1. The third-order valence-electron chi connectivity index (χ3n) is 2.45. The van der Waals surface area contributed by atoms with Crippen LogP contribution in [0.1, 0.15) is 17.9 Å². The Morgan fingerprint density at radius 2 is 2.28 bits per heavy atom. The number of aromatic nitrogens is 4. The molecule has 2 heterocycles. The monoisotopic (exact) mass is 245 g/mol. The molecule has 2 rings (SSSR count). The van der Waals surface area contributed by atoms with E-state index in [-0.39, 0.29) is 5.91 Å². The predicted octanol–water partition coefficient (Wildman–Crippen LogP) is 0.491. The summed E-state index contributed by atoms with van der Waals surface area (Å²) in [5.74, 6) is 0.834. The summed E-state index contributed by atoms with van der Waals surface area (Å²) < 4.78 is 0. The summed E-state index contributed by atoms with van der Waals surface area (Å²) in [4.78, 5) is 19.7. The van der Waals surface area contributed by atoms with Gasteiger partial charge in [0.05, 0.1) is 6.42 Å². The maximum atomic E-state index is 11.6. The molecular weight excluding hydrogens is 230 g/mol. The summed E-state index contributed by atoms with van der Waals surface area (Å²) in [7, 11) is 0. The molecule has 0 aliphatic rings. The second-order valence-electron chi connectivity index (χ2n) is 3.88. The van der Waals surface area contributed by atoms with Crippen molar-refractivity contribution in [2.24, 2.45) is 0 Å². The Bertz CT molecular complexity index is 468. The van der Waals surface area contributed by atoms with E-state index in [2.05, 4.69) is 25.5 Å².